The highest BCUT2D eigenvalue weighted by molar-refractivity contribution is 8.24. The molecule has 0 aromatic heterocycles. The van der Waals surface area contributed by atoms with E-state index >= 15 is 0 Å². The summed E-state index contributed by atoms with van der Waals surface area (Å²) in [6.07, 6.45) is 2.01. The molecule has 0 spiro atoms. The predicted molar refractivity (Wildman–Crippen MR) is 70.0 cm³/mol. The van der Waals surface area contributed by atoms with Crippen LogP contribution in [0.4, 0.5) is 0 Å². The van der Waals surface area contributed by atoms with E-state index in [4.69, 9.17) is 17.3 Å². The van der Waals surface area contributed by atoms with Gasteiger partial charge in [-0.15, -0.1) is 23.5 Å². The van der Waals surface area contributed by atoms with Crippen molar-refractivity contribution in [1.82, 2.24) is 0 Å². The molecule has 0 aliphatic rings. The number of aliphatic carboxylic acids is 1. The van der Waals surface area contributed by atoms with E-state index in [0.717, 1.165) is 5.56 Å². The first kappa shape index (κ1) is 12.5. The largest absolute Gasteiger partial charge is 0.481 e. The first-order chi connectivity index (χ1) is 7.13. The Labute approximate surface area is 102 Å². The van der Waals surface area contributed by atoms with Crippen LogP contribution in [0.2, 0.25) is 0 Å². The third-order valence-corrected chi connectivity index (χ3v) is 3.87. The van der Waals surface area contributed by atoms with Crippen molar-refractivity contribution in [2.45, 2.75) is 4.90 Å². The Morgan fingerprint density at radius 2 is 2.00 bits per heavy atom. The van der Waals surface area contributed by atoms with Gasteiger partial charge in [-0.05, 0) is 24.0 Å². The van der Waals surface area contributed by atoms with Gasteiger partial charge < -0.3 is 5.11 Å². The number of hydrogen-bond acceptors (Lipinski definition) is 4. The summed E-state index contributed by atoms with van der Waals surface area (Å²) in [7, 11) is 0. The van der Waals surface area contributed by atoms with E-state index in [0.29, 0.717) is 4.20 Å². The van der Waals surface area contributed by atoms with Crippen LogP contribution >= 0.6 is 35.7 Å². The maximum atomic E-state index is 10.4. The normalized spacial score (nSPS) is 9.93. The molecule has 15 heavy (non-hydrogen) atoms. The second kappa shape index (κ2) is 6.15. The lowest BCUT2D eigenvalue weighted by atomic mass is 10.2. The molecule has 2 nitrogen and oxygen atoms in total. The number of hydrogen-bond donors (Lipinski definition) is 1. The SMILES string of the molecule is CSc1ccc(C(=S)SCC(=O)O)cc1. The van der Waals surface area contributed by atoms with Crippen LogP contribution < -0.4 is 0 Å². The number of thioether (sulfide) groups is 2. The molecule has 0 unspecified atom stereocenters. The fourth-order valence-electron chi connectivity index (χ4n) is 0.938. The van der Waals surface area contributed by atoms with E-state index in [1.165, 1.54) is 16.7 Å². The molecule has 0 atom stereocenters. The lowest BCUT2D eigenvalue weighted by Gasteiger charge is -2.02. The van der Waals surface area contributed by atoms with Gasteiger partial charge in [0.1, 0.15) is 0 Å². The summed E-state index contributed by atoms with van der Waals surface area (Å²) in [5, 5.41) is 8.51. The van der Waals surface area contributed by atoms with Crippen LogP contribution in [-0.4, -0.2) is 27.3 Å². The zero-order valence-electron chi connectivity index (χ0n) is 8.10. The molecule has 0 aliphatic carbocycles. The molecule has 0 fully saturated rings. The first-order valence-electron chi connectivity index (χ1n) is 4.16. The summed E-state index contributed by atoms with van der Waals surface area (Å²) in [4.78, 5) is 11.5. The third kappa shape index (κ3) is 4.24. The van der Waals surface area contributed by atoms with Gasteiger partial charge in [0.05, 0.1) is 9.95 Å². The molecule has 0 aliphatic heterocycles. The molecule has 0 bridgehead atoms. The van der Waals surface area contributed by atoms with E-state index in [1.54, 1.807) is 11.8 Å². The minimum Gasteiger partial charge on any atom is -0.481 e. The van der Waals surface area contributed by atoms with Crippen molar-refractivity contribution in [2.24, 2.45) is 0 Å². The van der Waals surface area contributed by atoms with Crippen molar-refractivity contribution in [3.8, 4) is 0 Å². The van der Waals surface area contributed by atoms with Crippen molar-refractivity contribution in [3.05, 3.63) is 29.8 Å². The monoisotopic (exact) mass is 258 g/mol. The standard InChI is InChI=1S/C10H10O2S3/c1-14-8-4-2-7(3-5-8)10(13)15-6-9(11)12/h2-5H,6H2,1H3,(H,11,12). The maximum absolute atomic E-state index is 10.4. The van der Waals surface area contributed by atoms with E-state index < -0.39 is 5.97 Å². The molecule has 5 heteroatoms. The Bertz CT molecular complexity index is 359. The minimum atomic E-state index is -0.844. The number of carboxylic acids is 1. The van der Waals surface area contributed by atoms with E-state index in [9.17, 15) is 4.79 Å². The van der Waals surface area contributed by atoms with Gasteiger partial charge in [0.25, 0.3) is 0 Å². The number of rotatable bonds is 4. The molecule has 0 saturated heterocycles. The number of benzene rings is 1. The van der Waals surface area contributed by atoms with Crippen LogP contribution in [-0.2, 0) is 4.79 Å². The predicted octanol–water partition coefficient (Wildman–Crippen LogP) is 2.90. The van der Waals surface area contributed by atoms with Crippen LogP contribution in [0.3, 0.4) is 0 Å². The van der Waals surface area contributed by atoms with Gasteiger partial charge in [0, 0.05) is 4.90 Å². The highest BCUT2D eigenvalue weighted by atomic mass is 32.2. The Morgan fingerprint density at radius 1 is 1.40 bits per heavy atom. The number of thiocarbonyl (C=S) groups is 1. The van der Waals surface area contributed by atoms with Gasteiger partial charge in [-0.3, -0.25) is 4.79 Å². The van der Waals surface area contributed by atoms with Crippen molar-refractivity contribution >= 4 is 45.9 Å². The van der Waals surface area contributed by atoms with Crippen LogP contribution in [0.1, 0.15) is 5.56 Å². The quantitative estimate of drug-likeness (QED) is 0.664. The molecule has 0 radical (unpaired) electrons. The lowest BCUT2D eigenvalue weighted by Crippen LogP contribution is -2.02. The van der Waals surface area contributed by atoms with Crippen molar-refractivity contribution in [1.29, 1.82) is 0 Å². The van der Waals surface area contributed by atoms with Crippen molar-refractivity contribution < 1.29 is 9.90 Å². The summed E-state index contributed by atoms with van der Waals surface area (Å²) in [5.41, 5.74) is 0.911. The summed E-state index contributed by atoms with van der Waals surface area (Å²) >= 11 is 7.95. The first-order valence-corrected chi connectivity index (χ1v) is 6.78. The Hall–Kier alpha value is -0.520. The fourth-order valence-corrected chi connectivity index (χ4v) is 2.22. The van der Waals surface area contributed by atoms with Crippen molar-refractivity contribution in [3.63, 3.8) is 0 Å². The number of carboxylic acid groups (broad SMARTS) is 1. The summed E-state index contributed by atoms with van der Waals surface area (Å²) in [6.45, 7) is 0. The van der Waals surface area contributed by atoms with Gasteiger partial charge >= 0.3 is 5.97 Å². The smallest absolute Gasteiger partial charge is 0.313 e. The van der Waals surface area contributed by atoms with Gasteiger partial charge in [0.2, 0.25) is 0 Å². The topological polar surface area (TPSA) is 37.3 Å². The van der Waals surface area contributed by atoms with E-state index in [2.05, 4.69) is 0 Å². The van der Waals surface area contributed by atoms with E-state index in [1.807, 2.05) is 30.5 Å². The average Bonchev–Trinajstić information content (AvgIpc) is 2.26. The van der Waals surface area contributed by atoms with Crippen LogP contribution in [0.15, 0.2) is 29.2 Å². The molecule has 1 N–H and O–H groups in total. The minimum absolute atomic E-state index is 0.0170. The Morgan fingerprint density at radius 3 is 2.47 bits per heavy atom. The second-order valence-corrected chi connectivity index (χ2v) is 5.23. The summed E-state index contributed by atoms with van der Waals surface area (Å²) < 4.78 is 0.630. The molecule has 1 rings (SSSR count). The Balaban J connectivity index is 2.62. The van der Waals surface area contributed by atoms with Crippen molar-refractivity contribution in [2.75, 3.05) is 12.0 Å². The van der Waals surface area contributed by atoms with Gasteiger partial charge in [-0.2, -0.15) is 0 Å². The van der Waals surface area contributed by atoms with E-state index in [-0.39, 0.29) is 5.75 Å². The zero-order chi connectivity index (χ0) is 11.3. The van der Waals surface area contributed by atoms with Gasteiger partial charge in [0.15, 0.2) is 0 Å². The molecule has 80 valence electrons. The number of carbonyl (C=O) groups is 1. The Kier molecular flexibility index (Phi) is 5.14. The highest BCUT2D eigenvalue weighted by Crippen LogP contribution is 2.18. The molecule has 0 amide bonds. The fraction of sp³-hybridized carbons (Fsp3) is 0.200. The average molecular weight is 258 g/mol. The highest BCUT2D eigenvalue weighted by Gasteiger charge is 2.04. The van der Waals surface area contributed by atoms with Gasteiger partial charge in [-0.1, -0.05) is 24.4 Å². The molecule has 1 aromatic rings. The van der Waals surface area contributed by atoms with Crippen LogP contribution in [0.25, 0.3) is 0 Å². The zero-order valence-corrected chi connectivity index (χ0v) is 10.5. The van der Waals surface area contributed by atoms with Crippen LogP contribution in [0, 0.1) is 0 Å². The molecular formula is C10H10O2S3. The maximum Gasteiger partial charge on any atom is 0.313 e. The van der Waals surface area contributed by atoms with Gasteiger partial charge in [-0.25, -0.2) is 0 Å². The lowest BCUT2D eigenvalue weighted by molar-refractivity contribution is -0.133. The second-order valence-electron chi connectivity index (χ2n) is 2.70. The summed E-state index contributed by atoms with van der Waals surface area (Å²) in [5.74, 6) is -0.827. The third-order valence-electron chi connectivity index (χ3n) is 1.65. The summed E-state index contributed by atoms with van der Waals surface area (Å²) in [6, 6.07) is 7.80. The van der Waals surface area contributed by atoms with Crippen LogP contribution in [0.5, 0.6) is 0 Å². The molecule has 0 saturated carbocycles. The molecule has 0 heterocycles. The molecular weight excluding hydrogens is 248 g/mol. The molecule has 1 aromatic carbocycles.